The maximum atomic E-state index is 12.4. The summed E-state index contributed by atoms with van der Waals surface area (Å²) in [6.45, 7) is 0.963. The molecule has 0 spiro atoms. The molecule has 2 atom stereocenters. The quantitative estimate of drug-likeness (QED) is 0.864. The van der Waals surface area contributed by atoms with Crippen LogP contribution >= 0.6 is 0 Å². The Morgan fingerprint density at radius 1 is 1.17 bits per heavy atom. The van der Waals surface area contributed by atoms with E-state index in [0.29, 0.717) is 6.04 Å². The number of methoxy groups -OCH3 is 1. The predicted molar refractivity (Wildman–Crippen MR) is 88.9 cm³/mol. The summed E-state index contributed by atoms with van der Waals surface area (Å²) in [5, 5.41) is -0.163. The van der Waals surface area contributed by atoms with E-state index in [1.807, 2.05) is 18.2 Å². The van der Waals surface area contributed by atoms with Gasteiger partial charge in [0.2, 0.25) is 10.0 Å². The zero-order valence-corrected chi connectivity index (χ0v) is 14.3. The second-order valence-electron chi connectivity index (χ2n) is 6.95. The van der Waals surface area contributed by atoms with Gasteiger partial charge in [-0.2, -0.15) is 0 Å². The van der Waals surface area contributed by atoms with E-state index in [1.165, 1.54) is 12.8 Å². The van der Waals surface area contributed by atoms with Gasteiger partial charge in [0.15, 0.2) is 0 Å². The molecule has 6 heteroatoms. The summed E-state index contributed by atoms with van der Waals surface area (Å²) in [6, 6.07) is 8.75. The number of nitrogens with one attached hydrogen (secondary N) is 1. The molecule has 23 heavy (non-hydrogen) atoms. The number of hydrogen-bond acceptors (Lipinski definition) is 4. The highest BCUT2D eigenvalue weighted by molar-refractivity contribution is 7.90. The van der Waals surface area contributed by atoms with E-state index < -0.39 is 10.0 Å². The highest BCUT2D eigenvalue weighted by Crippen LogP contribution is 2.42. The number of hydrogen-bond donors (Lipinski definition) is 1. The lowest BCUT2D eigenvalue weighted by Gasteiger charge is -2.29. The molecule has 3 fully saturated rings. The van der Waals surface area contributed by atoms with Gasteiger partial charge in [-0.05, 0) is 49.8 Å². The third-order valence-corrected chi connectivity index (χ3v) is 7.15. The first-order valence-electron chi connectivity index (χ1n) is 8.49. The minimum absolute atomic E-state index is 0.0340. The second-order valence-corrected chi connectivity index (χ2v) is 8.94. The number of benzene rings is 1. The standard InChI is InChI=1S/C17H24N2O3S/c1-22-14-4-2-3-12(11-14)17-16(9-10-19(17)13-5-6-13)18-23(20,21)15-7-8-15/h2-4,11,13,15-18H,5-10H2,1H3/t16-,17+/m1/s1. The normalized spacial score (nSPS) is 28.9. The van der Waals surface area contributed by atoms with Crippen LogP contribution < -0.4 is 9.46 Å². The van der Waals surface area contributed by atoms with Gasteiger partial charge in [0.1, 0.15) is 5.75 Å². The van der Waals surface area contributed by atoms with Gasteiger partial charge in [-0.25, -0.2) is 13.1 Å². The highest BCUT2D eigenvalue weighted by atomic mass is 32.2. The van der Waals surface area contributed by atoms with Crippen LogP contribution in [0.2, 0.25) is 0 Å². The first-order valence-corrected chi connectivity index (χ1v) is 10.0. The van der Waals surface area contributed by atoms with Crippen LogP contribution in [0, 0.1) is 0 Å². The Morgan fingerprint density at radius 2 is 1.96 bits per heavy atom. The molecule has 1 aliphatic heterocycles. The van der Waals surface area contributed by atoms with E-state index in [2.05, 4.69) is 15.7 Å². The summed E-state index contributed by atoms with van der Waals surface area (Å²) in [6.07, 6.45) is 4.94. The van der Waals surface area contributed by atoms with Crippen molar-refractivity contribution in [3.05, 3.63) is 29.8 Å². The summed E-state index contributed by atoms with van der Waals surface area (Å²) in [7, 11) is -1.50. The van der Waals surface area contributed by atoms with Crippen molar-refractivity contribution < 1.29 is 13.2 Å². The minimum atomic E-state index is -3.16. The third-order valence-electron chi connectivity index (χ3n) is 5.17. The summed E-state index contributed by atoms with van der Waals surface area (Å²) < 4.78 is 33.1. The van der Waals surface area contributed by atoms with Crippen LogP contribution in [-0.4, -0.2) is 44.3 Å². The molecule has 1 heterocycles. The molecule has 0 radical (unpaired) electrons. The van der Waals surface area contributed by atoms with Crippen molar-refractivity contribution in [1.82, 2.24) is 9.62 Å². The fourth-order valence-electron chi connectivity index (χ4n) is 3.69. The van der Waals surface area contributed by atoms with Gasteiger partial charge in [0, 0.05) is 18.6 Å². The van der Waals surface area contributed by atoms with Gasteiger partial charge in [-0.15, -0.1) is 0 Å². The van der Waals surface area contributed by atoms with E-state index in [1.54, 1.807) is 7.11 Å². The fourth-order valence-corrected chi connectivity index (χ4v) is 5.31. The molecule has 4 rings (SSSR count). The maximum Gasteiger partial charge on any atom is 0.214 e. The van der Waals surface area contributed by atoms with Crippen molar-refractivity contribution >= 4 is 10.0 Å². The lowest BCUT2D eigenvalue weighted by Crippen LogP contribution is -2.41. The van der Waals surface area contributed by atoms with Crippen LogP contribution in [0.25, 0.3) is 0 Å². The SMILES string of the molecule is COc1cccc([C@H]2[C@H](NS(=O)(=O)C3CC3)CCN2C2CC2)c1. The smallest absolute Gasteiger partial charge is 0.214 e. The summed E-state index contributed by atoms with van der Waals surface area (Å²) >= 11 is 0. The van der Waals surface area contributed by atoms with Crippen LogP contribution in [0.4, 0.5) is 0 Å². The first kappa shape index (κ1) is 15.4. The molecule has 0 amide bonds. The van der Waals surface area contributed by atoms with Gasteiger partial charge >= 0.3 is 0 Å². The Hall–Kier alpha value is -1.11. The molecule has 126 valence electrons. The van der Waals surface area contributed by atoms with Crippen molar-refractivity contribution in [3.8, 4) is 5.75 Å². The Balaban J connectivity index is 1.62. The number of likely N-dealkylation sites (tertiary alicyclic amines) is 1. The van der Waals surface area contributed by atoms with Crippen LogP contribution in [0.15, 0.2) is 24.3 Å². The highest BCUT2D eigenvalue weighted by Gasteiger charge is 2.46. The van der Waals surface area contributed by atoms with Gasteiger partial charge < -0.3 is 4.74 Å². The van der Waals surface area contributed by atoms with Crippen molar-refractivity contribution in [1.29, 1.82) is 0 Å². The predicted octanol–water partition coefficient (Wildman–Crippen LogP) is 2.05. The van der Waals surface area contributed by atoms with Crippen LogP contribution in [-0.2, 0) is 10.0 Å². The second kappa shape index (κ2) is 5.76. The lowest BCUT2D eigenvalue weighted by molar-refractivity contribution is 0.233. The van der Waals surface area contributed by atoms with Gasteiger partial charge in [0.05, 0.1) is 18.4 Å². The lowest BCUT2D eigenvalue weighted by atomic mass is 10.0. The van der Waals surface area contributed by atoms with E-state index in [9.17, 15) is 8.42 Å². The molecule has 5 nitrogen and oxygen atoms in total. The van der Waals surface area contributed by atoms with E-state index in [4.69, 9.17) is 4.74 Å². The summed E-state index contributed by atoms with van der Waals surface area (Å²) in [4.78, 5) is 2.48. The maximum absolute atomic E-state index is 12.4. The molecule has 0 bridgehead atoms. The molecule has 2 saturated carbocycles. The Morgan fingerprint density at radius 3 is 2.61 bits per heavy atom. The van der Waals surface area contributed by atoms with E-state index in [0.717, 1.165) is 37.1 Å². The van der Waals surface area contributed by atoms with Gasteiger partial charge in [-0.1, -0.05) is 12.1 Å². The molecule has 0 unspecified atom stereocenters. The molecular formula is C17H24N2O3S. The molecule has 1 aromatic rings. The van der Waals surface area contributed by atoms with Crippen molar-refractivity contribution in [2.75, 3.05) is 13.7 Å². The van der Waals surface area contributed by atoms with E-state index >= 15 is 0 Å². The summed E-state index contributed by atoms with van der Waals surface area (Å²) in [5.74, 6) is 0.828. The molecule has 1 saturated heterocycles. The molecule has 3 aliphatic rings. The summed E-state index contributed by atoms with van der Waals surface area (Å²) in [5.41, 5.74) is 1.15. The molecule has 1 N–H and O–H groups in total. The average Bonchev–Trinajstić information content (AvgIpc) is 3.44. The van der Waals surface area contributed by atoms with Crippen molar-refractivity contribution in [2.45, 2.75) is 55.5 Å². The monoisotopic (exact) mass is 336 g/mol. The largest absolute Gasteiger partial charge is 0.497 e. The number of nitrogens with zero attached hydrogens (tertiary/aromatic N) is 1. The average molecular weight is 336 g/mol. The molecular weight excluding hydrogens is 312 g/mol. The fraction of sp³-hybridized carbons (Fsp3) is 0.647. The van der Waals surface area contributed by atoms with E-state index in [-0.39, 0.29) is 17.3 Å². The Labute approximate surface area is 138 Å². The van der Waals surface area contributed by atoms with Crippen LogP contribution in [0.5, 0.6) is 5.75 Å². The topological polar surface area (TPSA) is 58.6 Å². The molecule has 0 aromatic heterocycles. The van der Waals surface area contributed by atoms with Crippen molar-refractivity contribution in [2.24, 2.45) is 0 Å². The number of ether oxygens (including phenoxy) is 1. The first-order chi connectivity index (χ1) is 11.1. The number of sulfonamides is 1. The zero-order chi connectivity index (χ0) is 16.0. The Kier molecular flexibility index (Phi) is 3.86. The third kappa shape index (κ3) is 3.12. The molecule has 1 aromatic carbocycles. The van der Waals surface area contributed by atoms with Gasteiger partial charge in [0.25, 0.3) is 0 Å². The van der Waals surface area contributed by atoms with Crippen LogP contribution in [0.1, 0.15) is 43.7 Å². The van der Waals surface area contributed by atoms with Gasteiger partial charge in [-0.3, -0.25) is 4.90 Å². The number of rotatable bonds is 6. The zero-order valence-electron chi connectivity index (χ0n) is 13.4. The molecule has 2 aliphatic carbocycles. The van der Waals surface area contributed by atoms with Crippen LogP contribution in [0.3, 0.4) is 0 Å². The Bertz CT molecular complexity index is 683. The van der Waals surface area contributed by atoms with Crippen molar-refractivity contribution in [3.63, 3.8) is 0 Å². The minimum Gasteiger partial charge on any atom is -0.497 e.